The molecule has 1 aromatic heterocycles. The van der Waals surface area contributed by atoms with Gasteiger partial charge in [-0.2, -0.15) is 0 Å². The van der Waals surface area contributed by atoms with Crippen LogP contribution < -0.4 is 16.2 Å². The van der Waals surface area contributed by atoms with Crippen LogP contribution in [0.5, 0.6) is 0 Å². The topological polar surface area (TPSA) is 76.3 Å². The molecule has 0 bridgehead atoms. The molecule has 6 nitrogen and oxygen atoms in total. The Hall–Kier alpha value is -1.40. The first-order valence-corrected chi connectivity index (χ1v) is 6.39. The van der Waals surface area contributed by atoms with Crippen LogP contribution in [0.4, 0.5) is 11.6 Å². The molecule has 18 heavy (non-hydrogen) atoms. The van der Waals surface area contributed by atoms with Gasteiger partial charge < -0.3 is 15.1 Å². The highest BCUT2D eigenvalue weighted by Crippen LogP contribution is 2.27. The number of anilines is 2. The highest BCUT2D eigenvalue weighted by molar-refractivity contribution is 5.49. The highest BCUT2D eigenvalue weighted by atomic mass is 16.5. The zero-order valence-electron chi connectivity index (χ0n) is 11.0. The van der Waals surface area contributed by atoms with Gasteiger partial charge in [-0.3, -0.25) is 0 Å². The maximum atomic E-state index is 5.44. The second-order valence-corrected chi connectivity index (χ2v) is 4.50. The molecule has 0 amide bonds. The van der Waals surface area contributed by atoms with Crippen molar-refractivity contribution in [2.45, 2.75) is 38.8 Å². The molecule has 1 fully saturated rings. The fraction of sp³-hybridized carbons (Fsp3) is 0.667. The highest BCUT2D eigenvalue weighted by Gasteiger charge is 2.23. The third-order valence-electron chi connectivity index (χ3n) is 3.33. The van der Waals surface area contributed by atoms with Gasteiger partial charge in [-0.15, -0.1) is 0 Å². The number of hydrogen-bond donors (Lipinski definition) is 2. The van der Waals surface area contributed by atoms with Crippen molar-refractivity contribution in [3.63, 3.8) is 0 Å². The summed E-state index contributed by atoms with van der Waals surface area (Å²) < 4.78 is 5.34. The predicted octanol–water partition coefficient (Wildman–Crippen LogP) is 1.29. The van der Waals surface area contributed by atoms with Crippen molar-refractivity contribution in [2.75, 3.05) is 24.0 Å². The van der Waals surface area contributed by atoms with Crippen LogP contribution >= 0.6 is 0 Å². The van der Waals surface area contributed by atoms with Crippen LogP contribution in [0, 0.1) is 0 Å². The minimum absolute atomic E-state index is 0.414. The van der Waals surface area contributed by atoms with Crippen molar-refractivity contribution in [1.29, 1.82) is 0 Å². The summed E-state index contributed by atoms with van der Waals surface area (Å²) in [6, 6.07) is 2.46. The summed E-state index contributed by atoms with van der Waals surface area (Å²) in [5, 5.41) is 0. The van der Waals surface area contributed by atoms with Crippen LogP contribution in [-0.2, 0) is 11.3 Å². The number of nitrogen functional groups attached to an aromatic ring is 1. The van der Waals surface area contributed by atoms with Crippen molar-refractivity contribution in [3.05, 3.63) is 11.9 Å². The maximum absolute atomic E-state index is 5.44. The predicted molar refractivity (Wildman–Crippen MR) is 71.2 cm³/mol. The molecule has 3 N–H and O–H groups in total. The van der Waals surface area contributed by atoms with Crippen molar-refractivity contribution >= 4 is 11.6 Å². The first-order chi connectivity index (χ1) is 8.74. The molecule has 1 heterocycles. The summed E-state index contributed by atoms with van der Waals surface area (Å²) in [5.41, 5.74) is 2.58. The van der Waals surface area contributed by atoms with E-state index in [1.807, 2.05) is 13.0 Å². The molecule has 0 unspecified atom stereocenters. The Kier molecular flexibility index (Phi) is 4.33. The maximum Gasteiger partial charge on any atom is 0.158 e. The second-order valence-electron chi connectivity index (χ2n) is 4.50. The summed E-state index contributed by atoms with van der Waals surface area (Å²) in [6.45, 7) is 3.02. The van der Waals surface area contributed by atoms with Gasteiger partial charge in [0, 0.05) is 25.8 Å². The monoisotopic (exact) mass is 251 g/mol. The zero-order chi connectivity index (χ0) is 13.0. The van der Waals surface area contributed by atoms with Crippen LogP contribution in [0.3, 0.4) is 0 Å². The van der Waals surface area contributed by atoms with E-state index in [4.69, 9.17) is 10.6 Å². The Morgan fingerprint density at radius 1 is 1.50 bits per heavy atom. The average molecular weight is 251 g/mol. The van der Waals surface area contributed by atoms with E-state index in [1.54, 1.807) is 0 Å². The van der Waals surface area contributed by atoms with Crippen LogP contribution in [-0.4, -0.2) is 29.7 Å². The molecule has 1 aromatic rings. The van der Waals surface area contributed by atoms with Gasteiger partial charge in [-0.1, -0.05) is 0 Å². The van der Waals surface area contributed by atoms with Crippen LogP contribution in [0.2, 0.25) is 0 Å². The SMILES string of the molecule is CCOCc1nc(NN)cc(N(C)C2CCC2)n1. The molecule has 0 spiro atoms. The summed E-state index contributed by atoms with van der Waals surface area (Å²) in [4.78, 5) is 11.0. The summed E-state index contributed by atoms with van der Waals surface area (Å²) in [5.74, 6) is 7.63. The molecule has 1 aliphatic rings. The molecule has 0 aromatic carbocycles. The third kappa shape index (κ3) is 2.88. The fourth-order valence-electron chi connectivity index (χ4n) is 1.96. The van der Waals surface area contributed by atoms with Crippen LogP contribution in [0.1, 0.15) is 32.0 Å². The molecule has 0 radical (unpaired) electrons. The van der Waals surface area contributed by atoms with Crippen molar-refractivity contribution < 1.29 is 4.74 Å². The van der Waals surface area contributed by atoms with E-state index in [0.29, 0.717) is 30.9 Å². The first-order valence-electron chi connectivity index (χ1n) is 6.39. The lowest BCUT2D eigenvalue weighted by Gasteiger charge is -2.35. The van der Waals surface area contributed by atoms with Crippen molar-refractivity contribution in [3.8, 4) is 0 Å². The van der Waals surface area contributed by atoms with Gasteiger partial charge in [-0.25, -0.2) is 15.8 Å². The second kappa shape index (κ2) is 5.97. The largest absolute Gasteiger partial charge is 0.374 e. The molecular formula is C12H21N5O. The van der Waals surface area contributed by atoms with E-state index in [0.717, 1.165) is 5.82 Å². The number of nitrogens with zero attached hydrogens (tertiary/aromatic N) is 3. The Balaban J connectivity index is 2.16. The van der Waals surface area contributed by atoms with Gasteiger partial charge in [-0.05, 0) is 26.2 Å². The van der Waals surface area contributed by atoms with Crippen molar-refractivity contribution in [1.82, 2.24) is 9.97 Å². The van der Waals surface area contributed by atoms with Gasteiger partial charge >= 0.3 is 0 Å². The van der Waals surface area contributed by atoms with Crippen molar-refractivity contribution in [2.24, 2.45) is 5.84 Å². The van der Waals surface area contributed by atoms with Gasteiger partial charge in [0.05, 0.1) is 0 Å². The van der Waals surface area contributed by atoms with E-state index in [1.165, 1.54) is 19.3 Å². The normalized spacial score (nSPS) is 15.3. The molecule has 100 valence electrons. The fourth-order valence-corrected chi connectivity index (χ4v) is 1.96. The minimum Gasteiger partial charge on any atom is -0.374 e. The number of ether oxygens (including phenoxy) is 1. The summed E-state index contributed by atoms with van der Waals surface area (Å²) >= 11 is 0. The first kappa shape index (κ1) is 13.0. The lowest BCUT2D eigenvalue weighted by molar-refractivity contribution is 0.128. The van der Waals surface area contributed by atoms with E-state index in [2.05, 4.69) is 27.3 Å². The van der Waals surface area contributed by atoms with Crippen LogP contribution in [0.15, 0.2) is 6.07 Å². The minimum atomic E-state index is 0.414. The number of rotatable bonds is 6. The van der Waals surface area contributed by atoms with E-state index in [9.17, 15) is 0 Å². The molecule has 6 heteroatoms. The molecule has 1 saturated carbocycles. The standard InChI is InChI=1S/C12H21N5O/c1-3-18-8-11-14-10(16-13)7-12(15-11)17(2)9-5-4-6-9/h7,9H,3-6,8,13H2,1-2H3,(H,14,15,16). The smallest absolute Gasteiger partial charge is 0.158 e. The van der Waals surface area contributed by atoms with E-state index in [-0.39, 0.29) is 0 Å². The van der Waals surface area contributed by atoms with Gasteiger partial charge in [0.2, 0.25) is 0 Å². The number of nitrogens with one attached hydrogen (secondary N) is 1. The lowest BCUT2D eigenvalue weighted by Crippen LogP contribution is -2.37. The molecule has 1 aliphatic carbocycles. The number of hydrazine groups is 1. The number of nitrogens with two attached hydrogens (primary N) is 1. The zero-order valence-corrected chi connectivity index (χ0v) is 11.0. The number of hydrogen-bond acceptors (Lipinski definition) is 6. The number of aromatic nitrogens is 2. The average Bonchev–Trinajstić information content (AvgIpc) is 2.33. The Labute approximate surface area is 108 Å². The van der Waals surface area contributed by atoms with Crippen LogP contribution in [0.25, 0.3) is 0 Å². The van der Waals surface area contributed by atoms with Gasteiger partial charge in [0.1, 0.15) is 18.2 Å². The summed E-state index contributed by atoms with van der Waals surface area (Å²) in [6.07, 6.45) is 3.76. The Morgan fingerprint density at radius 2 is 2.28 bits per heavy atom. The molecule has 0 atom stereocenters. The Morgan fingerprint density at radius 3 is 2.83 bits per heavy atom. The molecule has 0 aliphatic heterocycles. The molecule has 0 saturated heterocycles. The molecular weight excluding hydrogens is 230 g/mol. The third-order valence-corrected chi connectivity index (χ3v) is 3.33. The van der Waals surface area contributed by atoms with Gasteiger partial charge in [0.15, 0.2) is 5.82 Å². The van der Waals surface area contributed by atoms with Gasteiger partial charge in [0.25, 0.3) is 0 Å². The summed E-state index contributed by atoms with van der Waals surface area (Å²) in [7, 11) is 2.07. The Bertz CT molecular complexity index is 394. The molecule has 2 rings (SSSR count). The van der Waals surface area contributed by atoms with E-state index >= 15 is 0 Å². The quantitative estimate of drug-likeness (QED) is 0.586. The lowest BCUT2D eigenvalue weighted by atomic mass is 9.92. The van der Waals surface area contributed by atoms with E-state index < -0.39 is 0 Å².